The molecule has 1 saturated heterocycles. The van der Waals surface area contributed by atoms with Crippen molar-refractivity contribution < 1.29 is 4.74 Å². The van der Waals surface area contributed by atoms with Crippen LogP contribution < -0.4 is 26.0 Å². The second kappa shape index (κ2) is 7.48. The van der Waals surface area contributed by atoms with Crippen molar-refractivity contribution in [2.24, 2.45) is 5.73 Å². The lowest BCUT2D eigenvalue weighted by molar-refractivity contribution is 0.160. The van der Waals surface area contributed by atoms with Crippen molar-refractivity contribution in [3.8, 4) is 17.0 Å². The molecule has 0 spiro atoms. The molecule has 3 heterocycles. The van der Waals surface area contributed by atoms with E-state index in [9.17, 15) is 0 Å². The highest BCUT2D eigenvalue weighted by molar-refractivity contribution is 5.74. The van der Waals surface area contributed by atoms with Gasteiger partial charge in [0.25, 0.3) is 0 Å². The number of fused-ring (bicyclic) bond motifs is 1. The summed E-state index contributed by atoms with van der Waals surface area (Å²) in [6.07, 6.45) is 1.88. The number of hydrogen-bond donors (Lipinski definition) is 3. The van der Waals surface area contributed by atoms with E-state index < -0.39 is 0 Å². The molecule has 2 aliphatic heterocycles. The summed E-state index contributed by atoms with van der Waals surface area (Å²) in [6, 6.07) is 8.52. The quantitative estimate of drug-likeness (QED) is 0.714. The van der Waals surface area contributed by atoms with E-state index in [2.05, 4.69) is 72.6 Å². The maximum atomic E-state index is 6.31. The molecular weight excluding hydrogens is 376 g/mol. The summed E-state index contributed by atoms with van der Waals surface area (Å²) in [6.45, 7) is 9.82. The number of rotatable bonds is 4. The molecule has 0 radical (unpaired) electrons. The summed E-state index contributed by atoms with van der Waals surface area (Å²) >= 11 is 0. The van der Waals surface area contributed by atoms with Gasteiger partial charge in [-0.2, -0.15) is 0 Å². The zero-order valence-electron chi connectivity index (χ0n) is 18.9. The molecule has 4 N–H and O–H groups in total. The van der Waals surface area contributed by atoms with E-state index in [-0.39, 0.29) is 17.2 Å². The van der Waals surface area contributed by atoms with Gasteiger partial charge in [0.2, 0.25) is 0 Å². The summed E-state index contributed by atoms with van der Waals surface area (Å²) in [7, 11) is 3.79. The number of methoxy groups -OCH3 is 1. The lowest BCUT2D eigenvalue weighted by atomic mass is 9.79. The summed E-state index contributed by atoms with van der Waals surface area (Å²) in [4.78, 5) is 2.26. The Labute approximate surface area is 179 Å². The second-order valence-corrected chi connectivity index (χ2v) is 9.92. The molecule has 7 nitrogen and oxygen atoms in total. The molecule has 4 rings (SSSR count). The van der Waals surface area contributed by atoms with Gasteiger partial charge in [0.15, 0.2) is 5.82 Å². The van der Waals surface area contributed by atoms with Crippen LogP contribution >= 0.6 is 0 Å². The monoisotopic (exact) mass is 410 g/mol. The van der Waals surface area contributed by atoms with Crippen LogP contribution in [0.3, 0.4) is 0 Å². The van der Waals surface area contributed by atoms with Crippen molar-refractivity contribution in [2.75, 3.05) is 19.1 Å². The van der Waals surface area contributed by atoms with Crippen LogP contribution in [0.4, 0.5) is 5.82 Å². The smallest absolute Gasteiger partial charge is 0.151 e. The maximum Gasteiger partial charge on any atom is 0.151 e. The Morgan fingerprint density at radius 1 is 1.07 bits per heavy atom. The van der Waals surface area contributed by atoms with Crippen molar-refractivity contribution in [3.05, 3.63) is 35.4 Å². The van der Waals surface area contributed by atoms with Gasteiger partial charge in [0, 0.05) is 36.3 Å². The van der Waals surface area contributed by atoms with Gasteiger partial charge in [-0.1, -0.05) is 6.07 Å². The van der Waals surface area contributed by atoms with Crippen LogP contribution in [0, 0.1) is 0 Å². The largest absolute Gasteiger partial charge is 0.496 e. The van der Waals surface area contributed by atoms with Crippen LogP contribution in [0.5, 0.6) is 5.75 Å². The van der Waals surface area contributed by atoms with Gasteiger partial charge in [0.05, 0.1) is 24.5 Å². The molecule has 162 valence electrons. The normalized spacial score (nSPS) is 22.6. The summed E-state index contributed by atoms with van der Waals surface area (Å²) in [5, 5.41) is 16.2. The van der Waals surface area contributed by atoms with Crippen molar-refractivity contribution >= 4 is 5.82 Å². The number of aromatic nitrogens is 2. The molecule has 1 aromatic carbocycles. The summed E-state index contributed by atoms with van der Waals surface area (Å²) < 4.78 is 5.62. The molecule has 0 bridgehead atoms. The Morgan fingerprint density at radius 3 is 2.37 bits per heavy atom. The highest BCUT2D eigenvalue weighted by Crippen LogP contribution is 2.39. The predicted molar refractivity (Wildman–Crippen MR) is 121 cm³/mol. The molecule has 0 aliphatic carbocycles. The first kappa shape index (κ1) is 21.0. The van der Waals surface area contributed by atoms with Crippen LogP contribution in [0.1, 0.15) is 57.8 Å². The lowest BCUT2D eigenvalue weighted by Crippen LogP contribution is -2.62. The van der Waals surface area contributed by atoms with Gasteiger partial charge in [0.1, 0.15) is 5.75 Å². The van der Waals surface area contributed by atoms with Gasteiger partial charge >= 0.3 is 0 Å². The Morgan fingerprint density at radius 2 is 1.77 bits per heavy atom. The van der Waals surface area contributed by atoms with Gasteiger partial charge in [-0.3, -0.25) is 5.32 Å². The van der Waals surface area contributed by atoms with Crippen LogP contribution in [0.15, 0.2) is 24.3 Å². The number of benzene rings is 1. The fourth-order valence-corrected chi connectivity index (χ4v) is 5.28. The van der Waals surface area contributed by atoms with Crippen LogP contribution in [0.25, 0.3) is 11.3 Å². The van der Waals surface area contributed by atoms with Crippen molar-refractivity contribution in [3.63, 3.8) is 0 Å². The lowest BCUT2D eigenvalue weighted by Gasteiger charge is -2.49. The highest BCUT2D eigenvalue weighted by atomic mass is 16.5. The highest BCUT2D eigenvalue weighted by Gasteiger charge is 2.39. The number of piperidine rings is 1. The molecule has 1 unspecified atom stereocenters. The van der Waals surface area contributed by atoms with Crippen LogP contribution in [-0.4, -0.2) is 41.5 Å². The average Bonchev–Trinajstić information content (AvgIpc) is 3.05. The third kappa shape index (κ3) is 3.89. The second-order valence-electron chi connectivity index (χ2n) is 9.92. The number of ether oxygens (including phenoxy) is 1. The number of nitrogens with two attached hydrogens (primary N) is 1. The first-order chi connectivity index (χ1) is 14.1. The molecule has 2 aromatic rings. The van der Waals surface area contributed by atoms with Gasteiger partial charge in [-0.05, 0) is 64.3 Å². The standard InChI is InChI=1S/C23H34N6O/c1-22(2)11-15(12-23(3,4)28-22)29(5)18-10-8-16(26-27-18)20-17(30-6)9-7-14-13-25-21(24)19(14)20/h7-10,15,21,25,28H,11-13,24H2,1-6H3. The molecule has 1 atom stereocenters. The fourth-order valence-electron chi connectivity index (χ4n) is 5.28. The van der Waals surface area contributed by atoms with E-state index in [0.717, 1.165) is 47.8 Å². The third-order valence-electron chi connectivity index (χ3n) is 6.33. The predicted octanol–water partition coefficient (Wildman–Crippen LogP) is 2.96. The van der Waals surface area contributed by atoms with E-state index in [1.807, 2.05) is 12.1 Å². The Hall–Kier alpha value is -2.22. The van der Waals surface area contributed by atoms with E-state index >= 15 is 0 Å². The Balaban J connectivity index is 1.64. The van der Waals surface area contributed by atoms with Crippen molar-refractivity contribution in [1.82, 2.24) is 20.8 Å². The minimum absolute atomic E-state index is 0.0785. The molecular formula is C23H34N6O. The average molecular weight is 411 g/mol. The zero-order chi connectivity index (χ0) is 21.7. The van der Waals surface area contributed by atoms with Crippen LogP contribution in [-0.2, 0) is 6.54 Å². The first-order valence-electron chi connectivity index (χ1n) is 10.7. The molecule has 1 aromatic heterocycles. The van der Waals surface area contributed by atoms with Crippen molar-refractivity contribution in [1.29, 1.82) is 0 Å². The van der Waals surface area contributed by atoms with E-state index in [1.165, 1.54) is 5.56 Å². The Kier molecular flexibility index (Phi) is 5.24. The fraction of sp³-hybridized carbons (Fsp3) is 0.565. The topological polar surface area (TPSA) is 88.3 Å². The number of nitrogens with zero attached hydrogens (tertiary/aromatic N) is 3. The van der Waals surface area contributed by atoms with E-state index in [0.29, 0.717) is 6.04 Å². The molecule has 0 saturated carbocycles. The summed E-state index contributed by atoms with van der Waals surface area (Å²) in [5.41, 5.74) is 10.4. The van der Waals surface area contributed by atoms with Gasteiger partial charge in [-0.15, -0.1) is 10.2 Å². The molecule has 30 heavy (non-hydrogen) atoms. The van der Waals surface area contributed by atoms with Crippen molar-refractivity contribution in [2.45, 2.75) is 70.4 Å². The minimum Gasteiger partial charge on any atom is -0.496 e. The molecule has 1 fully saturated rings. The third-order valence-corrected chi connectivity index (χ3v) is 6.33. The van der Waals surface area contributed by atoms with Crippen LogP contribution in [0.2, 0.25) is 0 Å². The molecule has 2 aliphatic rings. The van der Waals surface area contributed by atoms with Gasteiger partial charge in [-0.25, -0.2) is 0 Å². The zero-order valence-corrected chi connectivity index (χ0v) is 18.9. The minimum atomic E-state index is -0.228. The molecule has 0 amide bonds. The summed E-state index contributed by atoms with van der Waals surface area (Å²) in [5.74, 6) is 1.65. The van der Waals surface area contributed by atoms with Gasteiger partial charge < -0.3 is 20.7 Å². The van der Waals surface area contributed by atoms with E-state index in [1.54, 1.807) is 7.11 Å². The van der Waals surface area contributed by atoms with E-state index in [4.69, 9.17) is 10.5 Å². The maximum absolute atomic E-state index is 6.31. The number of anilines is 1. The first-order valence-corrected chi connectivity index (χ1v) is 10.7. The molecule has 7 heteroatoms. The Bertz CT molecular complexity index is 908. The number of nitrogens with one attached hydrogen (secondary N) is 2. The SMILES string of the molecule is COc1ccc2c(c1-c1ccc(N(C)C3CC(C)(C)NC(C)(C)C3)nn1)C(N)NC2. The number of hydrogen-bond acceptors (Lipinski definition) is 7.